The maximum absolute atomic E-state index is 11.5. The van der Waals surface area contributed by atoms with Crippen molar-refractivity contribution in [3.8, 4) is 0 Å². The Bertz CT molecular complexity index is 458. The SMILES string of the molecule is CCCCCC=CCC=CCC=CCC=CCCCC(=O)OCCOC(C)C. The first kappa shape index (κ1) is 26.4. The maximum Gasteiger partial charge on any atom is 0.305 e. The third-order valence-electron chi connectivity index (χ3n) is 4.01. The monoisotopic (exact) mass is 390 g/mol. The first-order valence-corrected chi connectivity index (χ1v) is 11.0. The van der Waals surface area contributed by atoms with Crippen LogP contribution in [0.3, 0.4) is 0 Å². The molecule has 0 saturated heterocycles. The third kappa shape index (κ3) is 22.4. The van der Waals surface area contributed by atoms with Gasteiger partial charge in [0.1, 0.15) is 6.61 Å². The van der Waals surface area contributed by atoms with Crippen molar-refractivity contribution in [3.63, 3.8) is 0 Å². The van der Waals surface area contributed by atoms with Crippen molar-refractivity contribution in [1.29, 1.82) is 0 Å². The number of rotatable bonds is 18. The molecule has 0 aromatic heterocycles. The Balaban J connectivity index is 3.46. The van der Waals surface area contributed by atoms with Gasteiger partial charge in [0.2, 0.25) is 0 Å². The van der Waals surface area contributed by atoms with E-state index in [4.69, 9.17) is 9.47 Å². The molecular weight excluding hydrogens is 348 g/mol. The fourth-order valence-corrected chi connectivity index (χ4v) is 2.44. The van der Waals surface area contributed by atoms with Crippen molar-refractivity contribution < 1.29 is 14.3 Å². The Morgan fingerprint density at radius 1 is 0.750 bits per heavy atom. The molecule has 0 bridgehead atoms. The fraction of sp³-hybridized carbons (Fsp3) is 0.640. The summed E-state index contributed by atoms with van der Waals surface area (Å²) in [6, 6.07) is 0. The van der Waals surface area contributed by atoms with Crippen LogP contribution in [0.2, 0.25) is 0 Å². The summed E-state index contributed by atoms with van der Waals surface area (Å²) >= 11 is 0. The molecule has 0 radical (unpaired) electrons. The number of hydrogen-bond acceptors (Lipinski definition) is 3. The number of carbonyl (C=O) groups is 1. The molecule has 0 amide bonds. The van der Waals surface area contributed by atoms with Crippen LogP contribution in [0.4, 0.5) is 0 Å². The van der Waals surface area contributed by atoms with Crippen LogP contribution in [0.1, 0.15) is 85.0 Å². The summed E-state index contributed by atoms with van der Waals surface area (Å²) in [6.45, 7) is 6.99. The summed E-state index contributed by atoms with van der Waals surface area (Å²) in [5.41, 5.74) is 0. The van der Waals surface area contributed by atoms with Crippen LogP contribution in [0.5, 0.6) is 0 Å². The Hall–Kier alpha value is -1.61. The quantitative estimate of drug-likeness (QED) is 0.142. The molecular formula is C25H42O3. The van der Waals surface area contributed by atoms with Gasteiger partial charge in [-0.25, -0.2) is 0 Å². The van der Waals surface area contributed by atoms with Crippen LogP contribution in [0.15, 0.2) is 48.6 Å². The lowest BCUT2D eigenvalue weighted by molar-refractivity contribution is -0.145. The number of carbonyl (C=O) groups excluding carboxylic acids is 1. The van der Waals surface area contributed by atoms with Gasteiger partial charge in [0.15, 0.2) is 0 Å². The van der Waals surface area contributed by atoms with Crippen LogP contribution >= 0.6 is 0 Å². The van der Waals surface area contributed by atoms with E-state index in [1.165, 1.54) is 25.7 Å². The number of unbranched alkanes of at least 4 members (excludes halogenated alkanes) is 4. The highest BCUT2D eigenvalue weighted by Crippen LogP contribution is 2.02. The Morgan fingerprint density at radius 2 is 1.29 bits per heavy atom. The van der Waals surface area contributed by atoms with E-state index in [0.29, 0.717) is 19.6 Å². The van der Waals surface area contributed by atoms with Crippen LogP contribution in [0, 0.1) is 0 Å². The lowest BCUT2D eigenvalue weighted by Crippen LogP contribution is -2.13. The zero-order chi connectivity index (χ0) is 20.7. The van der Waals surface area contributed by atoms with Crippen LogP contribution in [0.25, 0.3) is 0 Å². The number of hydrogen-bond donors (Lipinski definition) is 0. The van der Waals surface area contributed by atoms with Gasteiger partial charge in [0, 0.05) is 6.42 Å². The van der Waals surface area contributed by atoms with Gasteiger partial charge in [0.25, 0.3) is 0 Å². The van der Waals surface area contributed by atoms with Gasteiger partial charge < -0.3 is 9.47 Å². The highest BCUT2D eigenvalue weighted by atomic mass is 16.6. The summed E-state index contributed by atoms with van der Waals surface area (Å²) in [5, 5.41) is 0. The van der Waals surface area contributed by atoms with Crippen molar-refractivity contribution in [2.45, 2.75) is 91.1 Å². The standard InChI is InChI=1S/C25H42O3/c1-4-5-6-7-8-9-10-11-12-13-14-15-16-17-18-19-20-21-25(26)28-23-22-27-24(2)3/h8-9,11-12,14-15,17-18,24H,4-7,10,13,16,19-23H2,1-3H3. The first-order valence-electron chi connectivity index (χ1n) is 11.0. The van der Waals surface area contributed by atoms with Crippen molar-refractivity contribution in [2.75, 3.05) is 13.2 Å². The summed E-state index contributed by atoms with van der Waals surface area (Å²) in [4.78, 5) is 11.5. The molecule has 0 aliphatic heterocycles. The van der Waals surface area contributed by atoms with Gasteiger partial charge >= 0.3 is 5.97 Å². The fourth-order valence-electron chi connectivity index (χ4n) is 2.44. The molecule has 3 heteroatoms. The zero-order valence-corrected chi connectivity index (χ0v) is 18.4. The molecule has 28 heavy (non-hydrogen) atoms. The van der Waals surface area contributed by atoms with Crippen molar-refractivity contribution in [2.24, 2.45) is 0 Å². The number of allylic oxidation sites excluding steroid dienone is 8. The molecule has 0 spiro atoms. The van der Waals surface area contributed by atoms with Gasteiger partial charge in [-0.15, -0.1) is 0 Å². The zero-order valence-electron chi connectivity index (χ0n) is 18.4. The molecule has 0 unspecified atom stereocenters. The summed E-state index contributed by atoms with van der Waals surface area (Å²) in [6.07, 6.45) is 28.2. The van der Waals surface area contributed by atoms with E-state index < -0.39 is 0 Å². The molecule has 0 atom stereocenters. The van der Waals surface area contributed by atoms with Crippen molar-refractivity contribution in [3.05, 3.63) is 48.6 Å². The largest absolute Gasteiger partial charge is 0.463 e. The Kier molecular flexibility index (Phi) is 20.4. The second-order valence-corrected chi connectivity index (χ2v) is 7.12. The second-order valence-electron chi connectivity index (χ2n) is 7.12. The molecule has 3 nitrogen and oxygen atoms in total. The Morgan fingerprint density at radius 3 is 1.82 bits per heavy atom. The molecule has 0 saturated carbocycles. The van der Waals surface area contributed by atoms with Gasteiger partial charge in [0.05, 0.1) is 12.7 Å². The van der Waals surface area contributed by atoms with E-state index in [9.17, 15) is 4.79 Å². The lowest BCUT2D eigenvalue weighted by Gasteiger charge is -2.07. The van der Waals surface area contributed by atoms with Crippen LogP contribution in [-0.2, 0) is 14.3 Å². The molecule has 0 heterocycles. The molecule has 0 fully saturated rings. The average Bonchev–Trinajstić information content (AvgIpc) is 2.67. The predicted octanol–water partition coefficient (Wildman–Crippen LogP) is 7.10. The maximum atomic E-state index is 11.5. The first-order chi connectivity index (χ1) is 13.7. The van der Waals surface area contributed by atoms with E-state index in [1.54, 1.807) is 0 Å². The molecule has 0 aliphatic rings. The van der Waals surface area contributed by atoms with Gasteiger partial charge in [-0.3, -0.25) is 4.79 Å². The highest BCUT2D eigenvalue weighted by Gasteiger charge is 2.01. The van der Waals surface area contributed by atoms with E-state index in [1.807, 2.05) is 13.8 Å². The lowest BCUT2D eigenvalue weighted by atomic mass is 10.2. The van der Waals surface area contributed by atoms with Gasteiger partial charge in [-0.1, -0.05) is 68.4 Å². The van der Waals surface area contributed by atoms with Gasteiger partial charge in [-0.05, 0) is 58.8 Å². The number of ether oxygens (including phenoxy) is 2. The molecule has 0 N–H and O–H groups in total. The van der Waals surface area contributed by atoms with Crippen LogP contribution in [-0.4, -0.2) is 25.3 Å². The van der Waals surface area contributed by atoms with Crippen LogP contribution < -0.4 is 0 Å². The average molecular weight is 391 g/mol. The minimum absolute atomic E-state index is 0.136. The van der Waals surface area contributed by atoms with E-state index in [-0.39, 0.29) is 12.1 Å². The minimum Gasteiger partial charge on any atom is -0.463 e. The predicted molar refractivity (Wildman–Crippen MR) is 120 cm³/mol. The second kappa shape index (κ2) is 21.7. The molecule has 0 aromatic carbocycles. The summed E-state index contributed by atoms with van der Waals surface area (Å²) in [7, 11) is 0. The summed E-state index contributed by atoms with van der Waals surface area (Å²) in [5.74, 6) is -0.136. The Labute approximate surface area is 173 Å². The molecule has 0 aliphatic carbocycles. The molecule has 0 aromatic rings. The van der Waals surface area contributed by atoms with Gasteiger partial charge in [-0.2, -0.15) is 0 Å². The van der Waals surface area contributed by atoms with Crippen molar-refractivity contribution in [1.82, 2.24) is 0 Å². The highest BCUT2D eigenvalue weighted by molar-refractivity contribution is 5.69. The smallest absolute Gasteiger partial charge is 0.305 e. The molecule has 160 valence electrons. The number of esters is 1. The van der Waals surface area contributed by atoms with E-state index in [2.05, 4.69) is 55.5 Å². The topological polar surface area (TPSA) is 35.5 Å². The van der Waals surface area contributed by atoms with E-state index >= 15 is 0 Å². The van der Waals surface area contributed by atoms with E-state index in [0.717, 1.165) is 32.1 Å². The minimum atomic E-state index is -0.136. The molecule has 0 rings (SSSR count). The normalized spacial score (nSPS) is 12.4. The summed E-state index contributed by atoms with van der Waals surface area (Å²) < 4.78 is 10.4. The van der Waals surface area contributed by atoms with Crippen molar-refractivity contribution >= 4 is 5.97 Å². The third-order valence-corrected chi connectivity index (χ3v) is 4.01.